The van der Waals surface area contributed by atoms with Gasteiger partial charge in [-0.05, 0) is 24.6 Å². The van der Waals surface area contributed by atoms with Crippen LogP contribution in [0.5, 0.6) is 0 Å². The Morgan fingerprint density at radius 3 is 2.77 bits per heavy atom. The van der Waals surface area contributed by atoms with Crippen LogP contribution < -0.4 is 5.32 Å². The molecule has 2 heterocycles. The van der Waals surface area contributed by atoms with E-state index in [-0.39, 0.29) is 5.91 Å². The summed E-state index contributed by atoms with van der Waals surface area (Å²) in [4.78, 5) is 16.5. The average Bonchev–Trinajstić information content (AvgIpc) is 3.15. The number of rotatable bonds is 5. The van der Waals surface area contributed by atoms with E-state index in [1.54, 1.807) is 5.38 Å². The topological polar surface area (TPSA) is 55.1 Å². The van der Waals surface area contributed by atoms with Gasteiger partial charge in [0.1, 0.15) is 17.2 Å². The van der Waals surface area contributed by atoms with Crippen molar-refractivity contribution in [2.45, 2.75) is 19.9 Å². The summed E-state index contributed by atoms with van der Waals surface area (Å²) in [6.07, 6.45) is 0.746. The van der Waals surface area contributed by atoms with E-state index in [1.165, 1.54) is 16.9 Å². The van der Waals surface area contributed by atoms with Gasteiger partial charge in [0.15, 0.2) is 0 Å². The van der Waals surface area contributed by atoms with Crippen LogP contribution in [0.3, 0.4) is 0 Å². The van der Waals surface area contributed by atoms with Gasteiger partial charge in [0, 0.05) is 11.8 Å². The summed E-state index contributed by atoms with van der Waals surface area (Å²) in [5.41, 5.74) is 1.65. The minimum atomic E-state index is -0.176. The van der Waals surface area contributed by atoms with Crippen LogP contribution in [-0.2, 0) is 13.0 Å². The number of thiazole rings is 1. The lowest BCUT2D eigenvalue weighted by molar-refractivity contribution is 0.0943. The average molecular weight is 312 g/mol. The molecule has 0 aliphatic heterocycles. The Kier molecular flexibility index (Phi) is 4.34. The second kappa shape index (κ2) is 6.58. The van der Waals surface area contributed by atoms with E-state index in [4.69, 9.17) is 4.42 Å². The van der Waals surface area contributed by atoms with Gasteiger partial charge in [-0.1, -0.05) is 30.3 Å². The van der Waals surface area contributed by atoms with Crippen LogP contribution in [0, 0.1) is 6.92 Å². The zero-order valence-electron chi connectivity index (χ0n) is 12.2. The zero-order chi connectivity index (χ0) is 15.4. The van der Waals surface area contributed by atoms with Crippen LogP contribution in [-0.4, -0.2) is 10.9 Å². The maximum Gasteiger partial charge on any atom is 0.271 e. The van der Waals surface area contributed by atoms with Crippen molar-refractivity contribution >= 4 is 17.2 Å². The highest BCUT2D eigenvalue weighted by atomic mass is 32.1. The molecule has 0 bridgehead atoms. The standard InChI is InChI=1S/C17H16N2O2S/c1-12-7-8-14(21-12)10-18-17(20)15-11-22-16(19-15)9-13-5-3-2-4-6-13/h2-8,11H,9-10H2,1H3,(H,18,20). The summed E-state index contributed by atoms with van der Waals surface area (Å²) in [6, 6.07) is 13.8. The molecule has 0 fully saturated rings. The number of furan rings is 1. The number of hydrogen-bond acceptors (Lipinski definition) is 4. The van der Waals surface area contributed by atoms with Crippen molar-refractivity contribution in [3.05, 3.63) is 75.6 Å². The first-order chi connectivity index (χ1) is 10.7. The Balaban J connectivity index is 1.59. The number of hydrogen-bond donors (Lipinski definition) is 1. The Morgan fingerprint density at radius 1 is 1.23 bits per heavy atom. The molecule has 0 aliphatic carbocycles. The molecule has 2 aromatic heterocycles. The lowest BCUT2D eigenvalue weighted by atomic mass is 10.2. The maximum absolute atomic E-state index is 12.1. The molecule has 0 aliphatic rings. The van der Waals surface area contributed by atoms with Crippen LogP contribution in [0.1, 0.15) is 32.6 Å². The van der Waals surface area contributed by atoms with Gasteiger partial charge in [-0.25, -0.2) is 4.98 Å². The van der Waals surface area contributed by atoms with Crippen LogP contribution in [0.15, 0.2) is 52.3 Å². The fraction of sp³-hybridized carbons (Fsp3) is 0.176. The molecular weight excluding hydrogens is 296 g/mol. The number of aryl methyl sites for hydroxylation is 1. The quantitative estimate of drug-likeness (QED) is 0.783. The molecule has 0 spiro atoms. The SMILES string of the molecule is Cc1ccc(CNC(=O)c2csc(Cc3ccccc3)n2)o1. The van der Waals surface area contributed by atoms with Crippen molar-refractivity contribution in [3.8, 4) is 0 Å². The van der Waals surface area contributed by atoms with E-state index in [0.717, 1.165) is 22.9 Å². The van der Waals surface area contributed by atoms with Gasteiger partial charge < -0.3 is 9.73 Å². The molecule has 1 N–H and O–H groups in total. The number of amides is 1. The second-order valence-corrected chi connectivity index (χ2v) is 5.93. The van der Waals surface area contributed by atoms with Crippen molar-refractivity contribution in [2.75, 3.05) is 0 Å². The Bertz CT molecular complexity index is 762. The highest BCUT2D eigenvalue weighted by Gasteiger charge is 2.11. The summed E-state index contributed by atoms with van der Waals surface area (Å²) in [6.45, 7) is 2.25. The highest BCUT2D eigenvalue weighted by Crippen LogP contribution is 2.15. The van der Waals surface area contributed by atoms with Gasteiger partial charge in [-0.15, -0.1) is 11.3 Å². The van der Waals surface area contributed by atoms with Crippen molar-refractivity contribution in [1.82, 2.24) is 10.3 Å². The smallest absolute Gasteiger partial charge is 0.271 e. The molecule has 3 rings (SSSR count). The van der Waals surface area contributed by atoms with Gasteiger partial charge in [-0.2, -0.15) is 0 Å². The number of nitrogens with one attached hydrogen (secondary N) is 1. The summed E-state index contributed by atoms with van der Waals surface area (Å²) in [5.74, 6) is 1.40. The fourth-order valence-electron chi connectivity index (χ4n) is 2.10. The molecule has 1 amide bonds. The van der Waals surface area contributed by atoms with Crippen LogP contribution in [0.25, 0.3) is 0 Å². The van der Waals surface area contributed by atoms with Crippen molar-refractivity contribution in [2.24, 2.45) is 0 Å². The molecular formula is C17H16N2O2S. The molecule has 1 aromatic carbocycles. The number of carbonyl (C=O) groups is 1. The van der Waals surface area contributed by atoms with E-state index in [9.17, 15) is 4.79 Å². The van der Waals surface area contributed by atoms with Crippen molar-refractivity contribution in [3.63, 3.8) is 0 Å². The second-order valence-electron chi connectivity index (χ2n) is 4.98. The Morgan fingerprint density at radius 2 is 2.05 bits per heavy atom. The first-order valence-electron chi connectivity index (χ1n) is 7.02. The normalized spacial score (nSPS) is 10.6. The van der Waals surface area contributed by atoms with Crippen LogP contribution in [0.4, 0.5) is 0 Å². The number of benzene rings is 1. The van der Waals surface area contributed by atoms with Crippen LogP contribution in [0.2, 0.25) is 0 Å². The van der Waals surface area contributed by atoms with Gasteiger partial charge in [0.2, 0.25) is 0 Å². The molecule has 4 nitrogen and oxygen atoms in total. The summed E-state index contributed by atoms with van der Waals surface area (Å²) >= 11 is 1.50. The summed E-state index contributed by atoms with van der Waals surface area (Å²) < 4.78 is 5.42. The Labute approximate surface area is 132 Å². The predicted molar refractivity (Wildman–Crippen MR) is 86.0 cm³/mol. The van der Waals surface area contributed by atoms with Gasteiger partial charge in [0.25, 0.3) is 5.91 Å². The molecule has 0 unspecified atom stereocenters. The predicted octanol–water partition coefficient (Wildman–Crippen LogP) is 3.57. The van der Waals surface area contributed by atoms with E-state index < -0.39 is 0 Å². The van der Waals surface area contributed by atoms with Gasteiger partial charge in [0.05, 0.1) is 11.6 Å². The van der Waals surface area contributed by atoms with E-state index in [1.807, 2.05) is 37.3 Å². The lowest BCUT2D eigenvalue weighted by Crippen LogP contribution is -2.22. The fourth-order valence-corrected chi connectivity index (χ4v) is 2.91. The van der Waals surface area contributed by atoms with Gasteiger partial charge >= 0.3 is 0 Å². The third kappa shape index (κ3) is 3.62. The monoisotopic (exact) mass is 312 g/mol. The molecule has 0 saturated heterocycles. The largest absolute Gasteiger partial charge is 0.465 e. The van der Waals surface area contributed by atoms with Crippen molar-refractivity contribution in [1.29, 1.82) is 0 Å². The van der Waals surface area contributed by atoms with Crippen molar-refractivity contribution < 1.29 is 9.21 Å². The first-order valence-corrected chi connectivity index (χ1v) is 7.90. The Hall–Kier alpha value is -2.40. The van der Waals surface area contributed by atoms with E-state index in [2.05, 4.69) is 22.4 Å². The molecule has 0 radical (unpaired) electrons. The maximum atomic E-state index is 12.1. The highest BCUT2D eigenvalue weighted by molar-refractivity contribution is 7.09. The molecule has 0 saturated carbocycles. The zero-order valence-corrected chi connectivity index (χ0v) is 13.0. The third-order valence-electron chi connectivity index (χ3n) is 3.20. The molecule has 112 valence electrons. The number of aromatic nitrogens is 1. The minimum Gasteiger partial charge on any atom is -0.465 e. The summed E-state index contributed by atoms with van der Waals surface area (Å²) in [5, 5.41) is 5.55. The number of nitrogens with zero attached hydrogens (tertiary/aromatic N) is 1. The minimum absolute atomic E-state index is 0.176. The van der Waals surface area contributed by atoms with Gasteiger partial charge in [-0.3, -0.25) is 4.79 Å². The third-order valence-corrected chi connectivity index (χ3v) is 4.05. The number of carbonyl (C=O) groups excluding carboxylic acids is 1. The summed E-state index contributed by atoms with van der Waals surface area (Å²) in [7, 11) is 0. The lowest BCUT2D eigenvalue weighted by Gasteiger charge is -2.00. The van der Waals surface area contributed by atoms with Crippen LogP contribution >= 0.6 is 11.3 Å². The van der Waals surface area contributed by atoms with E-state index in [0.29, 0.717) is 12.2 Å². The molecule has 22 heavy (non-hydrogen) atoms. The molecule has 3 aromatic rings. The molecule has 0 atom stereocenters. The van der Waals surface area contributed by atoms with E-state index >= 15 is 0 Å². The first kappa shape index (κ1) is 14.5. The molecule has 5 heteroatoms.